The summed E-state index contributed by atoms with van der Waals surface area (Å²) in [6, 6.07) is 6.05. The average molecular weight is 376 g/mol. The Morgan fingerprint density at radius 3 is 2.67 bits per heavy atom. The summed E-state index contributed by atoms with van der Waals surface area (Å²) in [7, 11) is 3.06. The Kier molecular flexibility index (Phi) is 6.96. The van der Waals surface area contributed by atoms with Gasteiger partial charge in [0, 0.05) is 37.2 Å². The van der Waals surface area contributed by atoms with E-state index in [1.165, 1.54) is 33.0 Å². The SMILES string of the molecule is COC(=O)CC[C@H]1CN(Cc2ccc(OC)cc2O)CC[C@H]1N1CCCC1. The van der Waals surface area contributed by atoms with Gasteiger partial charge in [-0.05, 0) is 57.3 Å². The van der Waals surface area contributed by atoms with Crippen LogP contribution in [0.5, 0.6) is 11.5 Å². The van der Waals surface area contributed by atoms with Gasteiger partial charge in [0.25, 0.3) is 0 Å². The summed E-state index contributed by atoms with van der Waals surface area (Å²) in [6.07, 6.45) is 5.02. The minimum Gasteiger partial charge on any atom is -0.507 e. The number of hydrogen-bond acceptors (Lipinski definition) is 6. The third-order valence-corrected chi connectivity index (χ3v) is 6.02. The molecule has 1 aromatic rings. The molecular weight excluding hydrogens is 344 g/mol. The van der Waals surface area contributed by atoms with Crippen molar-refractivity contribution < 1.29 is 19.4 Å². The summed E-state index contributed by atoms with van der Waals surface area (Å²) in [5.41, 5.74) is 0.919. The number of carbonyl (C=O) groups excluding carboxylic acids is 1. The second-order valence-electron chi connectivity index (χ2n) is 7.70. The van der Waals surface area contributed by atoms with E-state index < -0.39 is 0 Å². The second kappa shape index (κ2) is 9.42. The lowest BCUT2D eigenvalue weighted by atomic mass is 9.87. The number of phenolic OH excluding ortho intramolecular Hbond substituents is 1. The highest BCUT2D eigenvalue weighted by Crippen LogP contribution is 2.31. The predicted molar refractivity (Wildman–Crippen MR) is 104 cm³/mol. The van der Waals surface area contributed by atoms with Crippen LogP contribution in [0.2, 0.25) is 0 Å². The third-order valence-electron chi connectivity index (χ3n) is 6.02. The zero-order chi connectivity index (χ0) is 19.2. The molecule has 2 heterocycles. The summed E-state index contributed by atoms with van der Waals surface area (Å²) >= 11 is 0. The molecule has 0 bridgehead atoms. The number of esters is 1. The Morgan fingerprint density at radius 1 is 1.22 bits per heavy atom. The van der Waals surface area contributed by atoms with Gasteiger partial charge in [-0.3, -0.25) is 9.69 Å². The average Bonchev–Trinajstić information content (AvgIpc) is 3.22. The molecule has 2 fully saturated rings. The molecule has 0 radical (unpaired) electrons. The van der Waals surface area contributed by atoms with Crippen LogP contribution in [-0.2, 0) is 16.1 Å². The fourth-order valence-corrected chi connectivity index (χ4v) is 4.53. The standard InChI is InChI=1S/C21H32N2O4/c1-26-18-7-5-17(20(24)13-18)15-22-12-9-19(23-10-3-4-11-23)16(14-22)6-8-21(25)27-2/h5,7,13,16,19,24H,3-4,6,8-12,14-15H2,1-2H3/t16-,19+/m0/s1. The Balaban J connectivity index is 1.65. The summed E-state index contributed by atoms with van der Waals surface area (Å²) < 4.78 is 10.0. The first kappa shape index (κ1) is 20.0. The molecule has 0 unspecified atom stereocenters. The number of benzene rings is 1. The van der Waals surface area contributed by atoms with Gasteiger partial charge >= 0.3 is 5.97 Å². The molecule has 0 saturated carbocycles. The molecule has 0 spiro atoms. The maximum atomic E-state index is 11.7. The normalized spacial score (nSPS) is 24.1. The van der Waals surface area contributed by atoms with E-state index in [2.05, 4.69) is 9.80 Å². The molecule has 1 N–H and O–H groups in total. The number of methoxy groups -OCH3 is 2. The minimum atomic E-state index is -0.125. The zero-order valence-electron chi connectivity index (χ0n) is 16.5. The van der Waals surface area contributed by atoms with Crippen molar-refractivity contribution in [2.24, 2.45) is 5.92 Å². The van der Waals surface area contributed by atoms with Gasteiger partial charge in [0.15, 0.2) is 0 Å². The van der Waals surface area contributed by atoms with E-state index in [-0.39, 0.29) is 11.7 Å². The lowest BCUT2D eigenvalue weighted by Gasteiger charge is -2.43. The van der Waals surface area contributed by atoms with Crippen molar-refractivity contribution in [1.29, 1.82) is 0 Å². The molecule has 0 amide bonds. The quantitative estimate of drug-likeness (QED) is 0.738. The van der Waals surface area contributed by atoms with E-state index in [4.69, 9.17) is 9.47 Å². The van der Waals surface area contributed by atoms with Crippen LogP contribution in [0, 0.1) is 5.92 Å². The van der Waals surface area contributed by atoms with Crippen molar-refractivity contribution in [1.82, 2.24) is 9.80 Å². The number of phenols is 1. The van der Waals surface area contributed by atoms with Gasteiger partial charge in [0.1, 0.15) is 11.5 Å². The fraction of sp³-hybridized carbons (Fsp3) is 0.667. The van der Waals surface area contributed by atoms with Crippen molar-refractivity contribution in [2.45, 2.75) is 44.7 Å². The van der Waals surface area contributed by atoms with Crippen molar-refractivity contribution in [2.75, 3.05) is 40.4 Å². The summed E-state index contributed by atoms with van der Waals surface area (Å²) in [5.74, 6) is 1.28. The van der Waals surface area contributed by atoms with Crippen LogP contribution in [0.1, 0.15) is 37.7 Å². The van der Waals surface area contributed by atoms with Gasteiger partial charge in [-0.2, -0.15) is 0 Å². The van der Waals surface area contributed by atoms with Gasteiger partial charge in [-0.25, -0.2) is 0 Å². The smallest absolute Gasteiger partial charge is 0.305 e. The van der Waals surface area contributed by atoms with Gasteiger partial charge in [-0.15, -0.1) is 0 Å². The number of aromatic hydroxyl groups is 1. The highest BCUT2D eigenvalue weighted by atomic mass is 16.5. The minimum absolute atomic E-state index is 0.125. The van der Waals surface area contributed by atoms with Crippen molar-refractivity contribution in [3.8, 4) is 11.5 Å². The Bertz CT molecular complexity index is 631. The third kappa shape index (κ3) is 5.14. The maximum absolute atomic E-state index is 11.7. The first-order valence-electron chi connectivity index (χ1n) is 10.00. The van der Waals surface area contributed by atoms with Crippen LogP contribution in [0.15, 0.2) is 18.2 Å². The Labute approximate surface area is 162 Å². The van der Waals surface area contributed by atoms with Crippen LogP contribution in [-0.4, -0.2) is 67.3 Å². The van der Waals surface area contributed by atoms with Crippen molar-refractivity contribution >= 4 is 5.97 Å². The second-order valence-corrected chi connectivity index (χ2v) is 7.70. The molecule has 3 rings (SSSR count). The number of ether oxygens (including phenoxy) is 2. The number of hydrogen-bond donors (Lipinski definition) is 1. The van der Waals surface area contributed by atoms with Gasteiger partial charge in [-0.1, -0.05) is 6.07 Å². The van der Waals surface area contributed by atoms with Crippen LogP contribution >= 0.6 is 0 Å². The van der Waals surface area contributed by atoms with E-state index in [9.17, 15) is 9.90 Å². The molecule has 0 aliphatic carbocycles. The molecular formula is C21H32N2O4. The molecule has 2 atom stereocenters. The molecule has 2 aliphatic heterocycles. The number of rotatable bonds is 7. The number of piperidine rings is 1. The molecule has 6 heteroatoms. The van der Waals surface area contributed by atoms with Crippen LogP contribution in [0.25, 0.3) is 0 Å². The lowest BCUT2D eigenvalue weighted by Crippen LogP contribution is -2.50. The largest absolute Gasteiger partial charge is 0.507 e. The molecule has 2 aliphatic rings. The maximum Gasteiger partial charge on any atom is 0.305 e. The van der Waals surface area contributed by atoms with E-state index in [1.807, 2.05) is 12.1 Å². The van der Waals surface area contributed by atoms with Crippen LogP contribution < -0.4 is 4.74 Å². The number of likely N-dealkylation sites (tertiary alicyclic amines) is 2. The van der Waals surface area contributed by atoms with E-state index in [0.29, 0.717) is 24.1 Å². The monoisotopic (exact) mass is 376 g/mol. The molecule has 2 saturated heterocycles. The fourth-order valence-electron chi connectivity index (χ4n) is 4.53. The van der Waals surface area contributed by atoms with E-state index in [0.717, 1.165) is 38.0 Å². The first-order chi connectivity index (χ1) is 13.1. The lowest BCUT2D eigenvalue weighted by molar-refractivity contribution is -0.141. The molecule has 1 aromatic carbocycles. The van der Waals surface area contributed by atoms with Crippen LogP contribution in [0.3, 0.4) is 0 Å². The number of nitrogens with zero attached hydrogens (tertiary/aromatic N) is 2. The topological polar surface area (TPSA) is 62.2 Å². The van der Waals surface area contributed by atoms with Gasteiger partial charge in [0.05, 0.1) is 14.2 Å². The van der Waals surface area contributed by atoms with E-state index >= 15 is 0 Å². The summed E-state index contributed by atoms with van der Waals surface area (Å²) in [5, 5.41) is 10.3. The molecule has 150 valence electrons. The summed E-state index contributed by atoms with van der Waals surface area (Å²) in [4.78, 5) is 16.7. The van der Waals surface area contributed by atoms with Gasteiger partial charge < -0.3 is 19.5 Å². The summed E-state index contributed by atoms with van der Waals surface area (Å²) in [6.45, 7) is 5.04. The molecule has 27 heavy (non-hydrogen) atoms. The molecule has 6 nitrogen and oxygen atoms in total. The highest BCUT2D eigenvalue weighted by molar-refractivity contribution is 5.69. The number of carbonyl (C=O) groups is 1. The zero-order valence-corrected chi connectivity index (χ0v) is 16.5. The Hall–Kier alpha value is -1.79. The van der Waals surface area contributed by atoms with Gasteiger partial charge in [0.2, 0.25) is 0 Å². The van der Waals surface area contributed by atoms with Crippen molar-refractivity contribution in [3.05, 3.63) is 23.8 Å². The molecule has 0 aromatic heterocycles. The highest BCUT2D eigenvalue weighted by Gasteiger charge is 2.34. The van der Waals surface area contributed by atoms with E-state index in [1.54, 1.807) is 13.2 Å². The van der Waals surface area contributed by atoms with Crippen molar-refractivity contribution in [3.63, 3.8) is 0 Å². The predicted octanol–water partition coefficient (Wildman–Crippen LogP) is 2.64. The van der Waals surface area contributed by atoms with Crippen LogP contribution in [0.4, 0.5) is 0 Å². The Morgan fingerprint density at radius 2 is 2.00 bits per heavy atom. The first-order valence-corrected chi connectivity index (χ1v) is 10.00.